The highest BCUT2D eigenvalue weighted by Crippen LogP contribution is 2.38. The molecule has 0 atom stereocenters. The lowest BCUT2D eigenvalue weighted by Crippen LogP contribution is -2.30. The number of carbonyl (C=O) groups is 1. The van der Waals surface area contributed by atoms with Gasteiger partial charge in [0, 0.05) is 31.6 Å². The van der Waals surface area contributed by atoms with E-state index >= 15 is 0 Å². The third-order valence-electron chi connectivity index (χ3n) is 5.49. The molecule has 1 amide bonds. The number of nitrogens with zero attached hydrogens (tertiary/aromatic N) is 4. The molecule has 0 fully saturated rings. The lowest BCUT2D eigenvalue weighted by atomic mass is 10.1. The molecule has 4 aromatic rings. The van der Waals surface area contributed by atoms with Gasteiger partial charge in [0.2, 0.25) is 5.75 Å². The quantitative estimate of drug-likeness (QED) is 0.291. The van der Waals surface area contributed by atoms with Gasteiger partial charge in [-0.05, 0) is 54.8 Å². The van der Waals surface area contributed by atoms with E-state index in [1.807, 2.05) is 29.8 Å². The van der Waals surface area contributed by atoms with Crippen molar-refractivity contribution in [1.82, 2.24) is 14.5 Å². The molecule has 0 saturated heterocycles. The zero-order chi connectivity index (χ0) is 24.8. The van der Waals surface area contributed by atoms with Gasteiger partial charge in [0.15, 0.2) is 16.6 Å². The molecule has 2 heterocycles. The maximum Gasteiger partial charge on any atom is 0.252 e. The van der Waals surface area contributed by atoms with Crippen LogP contribution in [0.1, 0.15) is 17.5 Å². The fourth-order valence-corrected chi connectivity index (χ4v) is 4.82. The average Bonchev–Trinajstić information content (AvgIpc) is 3.53. The topological polar surface area (TPSA) is 78.7 Å². The fourth-order valence-electron chi connectivity index (χ4n) is 3.72. The Hall–Kier alpha value is -3.85. The van der Waals surface area contributed by atoms with Gasteiger partial charge < -0.3 is 18.8 Å². The van der Waals surface area contributed by atoms with E-state index in [9.17, 15) is 4.79 Å². The standard InChI is InChI=1S/C26H28N4O4S/c1-18-6-8-20-23(14-18)35-26(28-20)30(12-5-11-29-13-10-27-17-29)24(31)9-7-19-15-21(32-2)25(34-4)22(16-19)33-3/h6-10,13-17H,5,11-12H2,1-4H3/b9-7+. The van der Waals surface area contributed by atoms with Crippen molar-refractivity contribution < 1.29 is 19.0 Å². The minimum absolute atomic E-state index is 0.153. The molecular weight excluding hydrogens is 464 g/mol. The van der Waals surface area contributed by atoms with Gasteiger partial charge in [-0.15, -0.1) is 0 Å². The van der Waals surface area contributed by atoms with Gasteiger partial charge in [-0.25, -0.2) is 9.97 Å². The molecule has 4 rings (SSSR count). The third-order valence-corrected chi connectivity index (χ3v) is 6.53. The van der Waals surface area contributed by atoms with Crippen molar-refractivity contribution in [3.63, 3.8) is 0 Å². The van der Waals surface area contributed by atoms with Crippen LogP contribution in [-0.2, 0) is 11.3 Å². The number of methoxy groups -OCH3 is 3. The smallest absolute Gasteiger partial charge is 0.252 e. The van der Waals surface area contributed by atoms with Crippen molar-refractivity contribution in [3.05, 3.63) is 66.3 Å². The Labute approximate surface area is 208 Å². The lowest BCUT2D eigenvalue weighted by Gasteiger charge is -2.18. The lowest BCUT2D eigenvalue weighted by molar-refractivity contribution is -0.114. The molecule has 0 radical (unpaired) electrons. The minimum atomic E-state index is -0.153. The summed E-state index contributed by atoms with van der Waals surface area (Å²) in [6.07, 6.45) is 9.49. The predicted molar refractivity (Wildman–Crippen MR) is 139 cm³/mol. The Morgan fingerprint density at radius 2 is 1.89 bits per heavy atom. The number of imidazole rings is 1. The van der Waals surface area contributed by atoms with E-state index in [1.54, 1.807) is 63.0 Å². The first-order valence-electron chi connectivity index (χ1n) is 11.1. The van der Waals surface area contributed by atoms with Gasteiger partial charge in [-0.1, -0.05) is 17.4 Å². The molecule has 0 unspecified atom stereocenters. The SMILES string of the molecule is COc1cc(/C=C/C(=O)N(CCCn2ccnc2)c2nc3ccc(C)cc3s2)cc(OC)c1OC. The molecule has 8 nitrogen and oxygen atoms in total. The molecule has 9 heteroatoms. The molecule has 35 heavy (non-hydrogen) atoms. The number of aryl methyl sites for hydroxylation is 2. The largest absolute Gasteiger partial charge is 0.493 e. The number of thiazole rings is 1. The number of hydrogen-bond donors (Lipinski definition) is 0. The van der Waals surface area contributed by atoms with Crippen LogP contribution < -0.4 is 19.1 Å². The first-order chi connectivity index (χ1) is 17.0. The number of carbonyl (C=O) groups excluding carboxylic acids is 1. The van der Waals surface area contributed by atoms with Gasteiger partial charge in [-0.2, -0.15) is 0 Å². The van der Waals surface area contributed by atoms with Gasteiger partial charge in [0.25, 0.3) is 5.91 Å². The molecule has 2 aromatic heterocycles. The second-order valence-corrected chi connectivity index (χ2v) is 8.91. The summed E-state index contributed by atoms with van der Waals surface area (Å²) < 4.78 is 19.3. The van der Waals surface area contributed by atoms with Gasteiger partial charge in [-0.3, -0.25) is 9.69 Å². The second-order valence-electron chi connectivity index (χ2n) is 7.90. The predicted octanol–water partition coefficient (Wildman–Crippen LogP) is 4.96. The maximum atomic E-state index is 13.4. The van der Waals surface area contributed by atoms with Crippen molar-refractivity contribution in [2.45, 2.75) is 19.9 Å². The van der Waals surface area contributed by atoms with Crippen LogP contribution in [0.3, 0.4) is 0 Å². The number of benzene rings is 2. The van der Waals surface area contributed by atoms with E-state index in [0.717, 1.165) is 34.3 Å². The molecule has 182 valence electrons. The van der Waals surface area contributed by atoms with Crippen molar-refractivity contribution in [2.24, 2.45) is 0 Å². The summed E-state index contributed by atoms with van der Waals surface area (Å²) in [5.41, 5.74) is 2.80. The van der Waals surface area contributed by atoms with Crippen LogP contribution >= 0.6 is 11.3 Å². The number of aromatic nitrogens is 3. The zero-order valence-electron chi connectivity index (χ0n) is 20.2. The summed E-state index contributed by atoms with van der Waals surface area (Å²) in [6.45, 7) is 3.33. The zero-order valence-corrected chi connectivity index (χ0v) is 21.0. The van der Waals surface area contributed by atoms with Crippen molar-refractivity contribution in [3.8, 4) is 17.2 Å². The number of ether oxygens (including phenoxy) is 3. The first kappa shape index (κ1) is 24.3. The number of hydrogen-bond acceptors (Lipinski definition) is 7. The Morgan fingerprint density at radius 1 is 1.11 bits per heavy atom. The monoisotopic (exact) mass is 492 g/mol. The van der Waals surface area contributed by atoms with E-state index in [1.165, 1.54) is 11.3 Å². The average molecular weight is 493 g/mol. The number of fused-ring (bicyclic) bond motifs is 1. The van der Waals surface area contributed by atoms with Crippen LogP contribution in [-0.4, -0.2) is 48.3 Å². The first-order valence-corrected chi connectivity index (χ1v) is 12.0. The Kier molecular flexibility index (Phi) is 7.67. The van der Waals surface area contributed by atoms with E-state index in [0.29, 0.717) is 28.9 Å². The number of anilines is 1. The third kappa shape index (κ3) is 5.63. The van der Waals surface area contributed by atoms with Crippen LogP contribution in [0, 0.1) is 6.92 Å². The summed E-state index contributed by atoms with van der Waals surface area (Å²) >= 11 is 1.52. The van der Waals surface area contributed by atoms with Gasteiger partial charge in [0.05, 0.1) is 37.9 Å². The van der Waals surface area contributed by atoms with Crippen molar-refractivity contribution >= 4 is 38.7 Å². The summed E-state index contributed by atoms with van der Waals surface area (Å²) in [4.78, 5) is 23.9. The van der Waals surface area contributed by atoms with E-state index in [2.05, 4.69) is 11.1 Å². The van der Waals surface area contributed by atoms with Gasteiger partial charge >= 0.3 is 0 Å². The van der Waals surface area contributed by atoms with Crippen LogP contribution in [0.15, 0.2) is 55.1 Å². The Morgan fingerprint density at radius 3 is 2.54 bits per heavy atom. The van der Waals surface area contributed by atoms with E-state index in [4.69, 9.17) is 19.2 Å². The van der Waals surface area contributed by atoms with Crippen molar-refractivity contribution in [1.29, 1.82) is 0 Å². The highest BCUT2D eigenvalue weighted by molar-refractivity contribution is 7.22. The Bertz CT molecular complexity index is 1310. The van der Waals surface area contributed by atoms with Crippen LogP contribution in [0.5, 0.6) is 17.2 Å². The second kappa shape index (κ2) is 11.1. The number of amides is 1. The molecule has 0 aliphatic carbocycles. The summed E-state index contributed by atoms with van der Waals surface area (Å²) in [5, 5.41) is 0.677. The van der Waals surface area contributed by atoms with Crippen molar-refractivity contribution in [2.75, 3.05) is 32.8 Å². The maximum absolute atomic E-state index is 13.4. The Balaban J connectivity index is 1.60. The fraction of sp³-hybridized carbons (Fsp3) is 0.269. The summed E-state index contributed by atoms with van der Waals surface area (Å²) in [6, 6.07) is 9.71. The number of rotatable bonds is 10. The molecule has 0 aliphatic rings. The molecule has 0 bridgehead atoms. The summed E-state index contributed by atoms with van der Waals surface area (Å²) in [7, 11) is 4.68. The summed E-state index contributed by atoms with van der Waals surface area (Å²) in [5.74, 6) is 1.40. The van der Waals surface area contributed by atoms with Crippen LogP contribution in [0.2, 0.25) is 0 Å². The minimum Gasteiger partial charge on any atom is -0.493 e. The molecular formula is C26H28N4O4S. The van der Waals surface area contributed by atoms with Gasteiger partial charge in [0.1, 0.15) is 0 Å². The molecule has 0 saturated carbocycles. The normalized spacial score (nSPS) is 11.2. The van der Waals surface area contributed by atoms with Crippen LogP contribution in [0.4, 0.5) is 5.13 Å². The highest BCUT2D eigenvalue weighted by atomic mass is 32.1. The molecule has 0 N–H and O–H groups in total. The van der Waals surface area contributed by atoms with E-state index < -0.39 is 0 Å². The highest BCUT2D eigenvalue weighted by Gasteiger charge is 2.18. The molecule has 0 aliphatic heterocycles. The molecule has 0 spiro atoms. The molecule has 2 aromatic carbocycles. The van der Waals surface area contributed by atoms with E-state index in [-0.39, 0.29) is 5.91 Å². The van der Waals surface area contributed by atoms with Crippen LogP contribution in [0.25, 0.3) is 16.3 Å².